The monoisotopic (exact) mass is 252 g/mol. The fraction of sp³-hybridized carbons (Fsp3) is 0.143. The first-order chi connectivity index (χ1) is 8.08. The van der Waals surface area contributed by atoms with Crippen molar-refractivity contribution in [2.75, 3.05) is 0 Å². The topological polar surface area (TPSA) is 0 Å². The van der Waals surface area contributed by atoms with E-state index in [0.29, 0.717) is 11.1 Å². The SMILES string of the molecule is Cc1cc(C(Cl)c2cccc(F)c2)ccc1F. The Kier molecular flexibility index (Phi) is 3.43. The van der Waals surface area contributed by atoms with Crippen LogP contribution in [0.2, 0.25) is 0 Å². The van der Waals surface area contributed by atoms with Gasteiger partial charge in [0.1, 0.15) is 11.6 Å². The summed E-state index contributed by atoms with van der Waals surface area (Å²) in [5, 5.41) is -0.468. The molecule has 0 amide bonds. The minimum absolute atomic E-state index is 0.267. The van der Waals surface area contributed by atoms with Gasteiger partial charge in [0.05, 0.1) is 5.38 Å². The van der Waals surface area contributed by atoms with Crippen LogP contribution in [0.15, 0.2) is 42.5 Å². The second kappa shape index (κ2) is 4.84. The van der Waals surface area contributed by atoms with Crippen molar-refractivity contribution in [2.24, 2.45) is 0 Å². The maximum Gasteiger partial charge on any atom is 0.126 e. The van der Waals surface area contributed by atoms with Gasteiger partial charge in [-0.3, -0.25) is 0 Å². The molecule has 1 atom stereocenters. The zero-order valence-corrected chi connectivity index (χ0v) is 10.0. The van der Waals surface area contributed by atoms with Crippen molar-refractivity contribution in [3.8, 4) is 0 Å². The fourth-order valence-corrected chi connectivity index (χ4v) is 1.95. The third-order valence-corrected chi connectivity index (χ3v) is 3.12. The first-order valence-corrected chi connectivity index (χ1v) is 5.67. The van der Waals surface area contributed by atoms with Crippen molar-refractivity contribution in [3.05, 3.63) is 70.8 Å². The third kappa shape index (κ3) is 2.64. The molecule has 0 N–H and O–H groups in total. The maximum absolute atomic E-state index is 13.1. The number of halogens is 3. The van der Waals surface area contributed by atoms with Crippen molar-refractivity contribution in [2.45, 2.75) is 12.3 Å². The summed E-state index contributed by atoms with van der Waals surface area (Å²) in [4.78, 5) is 0. The standard InChI is InChI=1S/C14H11ClF2/c1-9-7-11(5-6-13(9)17)14(15)10-3-2-4-12(16)8-10/h2-8,14H,1H3. The molecule has 0 aliphatic heterocycles. The van der Waals surface area contributed by atoms with Crippen molar-refractivity contribution in [1.29, 1.82) is 0 Å². The van der Waals surface area contributed by atoms with Gasteiger partial charge in [-0.15, -0.1) is 11.6 Å². The molecular weight excluding hydrogens is 242 g/mol. The lowest BCUT2D eigenvalue weighted by molar-refractivity contribution is 0.617. The van der Waals surface area contributed by atoms with E-state index in [1.165, 1.54) is 18.2 Å². The third-order valence-electron chi connectivity index (χ3n) is 2.62. The van der Waals surface area contributed by atoms with Crippen LogP contribution >= 0.6 is 11.6 Å². The Morgan fingerprint density at radius 2 is 1.71 bits per heavy atom. The van der Waals surface area contributed by atoms with E-state index in [0.717, 1.165) is 5.56 Å². The average molecular weight is 253 g/mol. The van der Waals surface area contributed by atoms with Gasteiger partial charge in [0, 0.05) is 0 Å². The van der Waals surface area contributed by atoms with E-state index in [-0.39, 0.29) is 11.6 Å². The molecule has 0 spiro atoms. The molecule has 0 aromatic heterocycles. The number of aryl methyl sites for hydroxylation is 1. The molecular formula is C14H11ClF2. The molecule has 2 aromatic rings. The van der Waals surface area contributed by atoms with Crippen LogP contribution in [0.5, 0.6) is 0 Å². The van der Waals surface area contributed by atoms with Gasteiger partial charge < -0.3 is 0 Å². The second-order valence-electron chi connectivity index (χ2n) is 3.93. The van der Waals surface area contributed by atoms with Crippen LogP contribution in [0.25, 0.3) is 0 Å². The van der Waals surface area contributed by atoms with Crippen molar-refractivity contribution >= 4 is 11.6 Å². The maximum atomic E-state index is 13.1. The average Bonchev–Trinajstić information content (AvgIpc) is 2.32. The second-order valence-corrected chi connectivity index (χ2v) is 4.36. The van der Waals surface area contributed by atoms with Crippen molar-refractivity contribution < 1.29 is 8.78 Å². The van der Waals surface area contributed by atoms with Gasteiger partial charge in [-0.05, 0) is 41.8 Å². The van der Waals surface area contributed by atoms with Crippen molar-refractivity contribution in [3.63, 3.8) is 0 Å². The molecule has 0 nitrogen and oxygen atoms in total. The number of rotatable bonds is 2. The van der Waals surface area contributed by atoms with E-state index >= 15 is 0 Å². The highest BCUT2D eigenvalue weighted by molar-refractivity contribution is 6.22. The van der Waals surface area contributed by atoms with Gasteiger partial charge in [-0.1, -0.05) is 24.3 Å². The summed E-state index contributed by atoms with van der Waals surface area (Å²) >= 11 is 6.24. The normalized spacial score (nSPS) is 12.5. The van der Waals surface area contributed by atoms with E-state index in [4.69, 9.17) is 11.6 Å². The molecule has 0 aliphatic rings. The molecule has 0 saturated carbocycles. The van der Waals surface area contributed by atoms with Crippen LogP contribution < -0.4 is 0 Å². The number of benzene rings is 2. The first-order valence-electron chi connectivity index (χ1n) is 5.23. The lowest BCUT2D eigenvalue weighted by Gasteiger charge is -2.11. The molecule has 0 saturated heterocycles. The van der Waals surface area contributed by atoms with E-state index < -0.39 is 5.38 Å². The van der Waals surface area contributed by atoms with E-state index in [9.17, 15) is 8.78 Å². The Bertz CT molecular complexity index is 537. The number of alkyl halides is 1. The Morgan fingerprint density at radius 3 is 2.35 bits per heavy atom. The Labute approximate surface area is 104 Å². The summed E-state index contributed by atoms with van der Waals surface area (Å²) in [6, 6.07) is 10.8. The highest BCUT2D eigenvalue weighted by atomic mass is 35.5. The van der Waals surface area contributed by atoms with E-state index in [2.05, 4.69) is 0 Å². The predicted octanol–water partition coefficient (Wildman–Crippen LogP) is 4.60. The fourth-order valence-electron chi connectivity index (χ4n) is 1.68. The summed E-state index contributed by atoms with van der Waals surface area (Å²) in [5.74, 6) is -0.594. The molecule has 1 unspecified atom stereocenters. The molecule has 2 rings (SSSR count). The Balaban J connectivity index is 2.36. The Hall–Kier alpha value is -1.41. The molecule has 0 bridgehead atoms. The summed E-state index contributed by atoms with van der Waals surface area (Å²) < 4.78 is 26.2. The molecule has 88 valence electrons. The summed E-state index contributed by atoms with van der Waals surface area (Å²) in [6.45, 7) is 1.67. The quantitative estimate of drug-likeness (QED) is 0.685. The van der Waals surface area contributed by atoms with Crippen LogP contribution in [0.4, 0.5) is 8.78 Å². The minimum Gasteiger partial charge on any atom is -0.207 e. The lowest BCUT2D eigenvalue weighted by Crippen LogP contribution is -1.95. The zero-order valence-electron chi connectivity index (χ0n) is 9.25. The van der Waals surface area contributed by atoms with Gasteiger partial charge in [0.15, 0.2) is 0 Å². The molecule has 0 aliphatic carbocycles. The van der Waals surface area contributed by atoms with Crippen LogP contribution in [-0.4, -0.2) is 0 Å². The van der Waals surface area contributed by atoms with E-state index in [1.54, 1.807) is 31.2 Å². The van der Waals surface area contributed by atoms with Crippen LogP contribution in [0.1, 0.15) is 22.1 Å². The summed E-state index contributed by atoms with van der Waals surface area (Å²) in [6.07, 6.45) is 0. The largest absolute Gasteiger partial charge is 0.207 e. The van der Waals surface area contributed by atoms with E-state index in [1.807, 2.05) is 0 Å². The van der Waals surface area contributed by atoms with Crippen LogP contribution in [0, 0.1) is 18.6 Å². The highest BCUT2D eigenvalue weighted by Gasteiger charge is 2.12. The summed E-state index contributed by atoms with van der Waals surface area (Å²) in [5.41, 5.74) is 1.96. The molecule has 3 heteroatoms. The van der Waals surface area contributed by atoms with Crippen LogP contribution in [0.3, 0.4) is 0 Å². The van der Waals surface area contributed by atoms with Gasteiger partial charge >= 0.3 is 0 Å². The molecule has 0 radical (unpaired) electrons. The van der Waals surface area contributed by atoms with Gasteiger partial charge in [0.25, 0.3) is 0 Å². The van der Waals surface area contributed by atoms with Crippen LogP contribution in [-0.2, 0) is 0 Å². The van der Waals surface area contributed by atoms with Gasteiger partial charge in [-0.25, -0.2) is 8.78 Å². The van der Waals surface area contributed by atoms with Gasteiger partial charge in [0.2, 0.25) is 0 Å². The molecule has 17 heavy (non-hydrogen) atoms. The minimum atomic E-state index is -0.468. The first kappa shape index (κ1) is 12.1. The summed E-state index contributed by atoms with van der Waals surface area (Å²) in [7, 11) is 0. The molecule has 0 heterocycles. The molecule has 0 fully saturated rings. The number of hydrogen-bond acceptors (Lipinski definition) is 0. The van der Waals surface area contributed by atoms with Gasteiger partial charge in [-0.2, -0.15) is 0 Å². The Morgan fingerprint density at radius 1 is 1.00 bits per heavy atom. The predicted molar refractivity (Wildman–Crippen MR) is 65.2 cm³/mol. The number of hydrogen-bond donors (Lipinski definition) is 0. The smallest absolute Gasteiger partial charge is 0.126 e. The zero-order chi connectivity index (χ0) is 12.4. The highest BCUT2D eigenvalue weighted by Crippen LogP contribution is 2.29. The lowest BCUT2D eigenvalue weighted by atomic mass is 10.0. The molecule has 2 aromatic carbocycles. The van der Waals surface area contributed by atoms with Crippen molar-refractivity contribution in [1.82, 2.24) is 0 Å².